The Morgan fingerprint density at radius 2 is 1.38 bits per heavy atom. The minimum atomic E-state index is 0.305. The molecule has 2 amide bonds. The fourth-order valence-electron chi connectivity index (χ4n) is 3.67. The zero-order valence-electron chi connectivity index (χ0n) is 21.7. The van der Waals surface area contributed by atoms with E-state index >= 15 is 0 Å². The molecule has 2 aromatic rings. The largest absolute Gasteiger partial charge is 0.507 e. The van der Waals surface area contributed by atoms with Crippen molar-refractivity contribution in [2.75, 3.05) is 17.2 Å². The van der Waals surface area contributed by atoms with Crippen LogP contribution in [0.5, 0.6) is 11.5 Å². The highest BCUT2D eigenvalue weighted by Gasteiger charge is 2.16. The Kier molecular flexibility index (Phi) is 10.6. The number of rotatable bonds is 9. The third-order valence-electron chi connectivity index (χ3n) is 5.81. The van der Waals surface area contributed by atoms with E-state index in [1.165, 1.54) is 0 Å². The molecular formula is C28H38N2O4. The smallest absolute Gasteiger partial charge is 0.211 e. The molecule has 0 radical (unpaired) electrons. The van der Waals surface area contributed by atoms with Crippen molar-refractivity contribution in [2.45, 2.75) is 61.8 Å². The average molecular weight is 467 g/mol. The maximum absolute atomic E-state index is 10.6. The predicted molar refractivity (Wildman–Crippen MR) is 141 cm³/mol. The third kappa shape index (κ3) is 6.98. The number of phenols is 1. The summed E-state index contributed by atoms with van der Waals surface area (Å²) in [5.74, 6) is 1.15. The maximum Gasteiger partial charge on any atom is 0.211 e. The molecule has 0 spiro atoms. The van der Waals surface area contributed by atoms with Gasteiger partial charge in [-0.15, -0.1) is 0 Å². The molecular weight excluding hydrogens is 428 g/mol. The maximum atomic E-state index is 10.6. The number of allylic oxidation sites excluding steroid dienone is 1. The molecule has 34 heavy (non-hydrogen) atoms. The Morgan fingerprint density at radius 3 is 1.88 bits per heavy atom. The minimum Gasteiger partial charge on any atom is -0.507 e. The number of carbonyl (C=O) groups excluding carboxylic acids is 2. The number of carbonyl (C=O) groups is 2. The number of ether oxygens (including phenoxy) is 1. The molecule has 0 saturated heterocycles. The first-order valence-electron chi connectivity index (χ1n) is 11.1. The topological polar surface area (TPSA) is 87.7 Å². The van der Waals surface area contributed by atoms with Crippen molar-refractivity contribution in [1.82, 2.24) is 0 Å². The molecule has 6 nitrogen and oxygen atoms in total. The van der Waals surface area contributed by atoms with Gasteiger partial charge in [-0.3, -0.25) is 9.59 Å². The highest BCUT2D eigenvalue weighted by Crippen LogP contribution is 2.36. The van der Waals surface area contributed by atoms with Gasteiger partial charge in [0.15, 0.2) is 0 Å². The number of nitrogens with one attached hydrogen (secondary N) is 2. The zero-order valence-corrected chi connectivity index (χ0v) is 21.7. The number of anilines is 2. The van der Waals surface area contributed by atoms with Crippen LogP contribution in [-0.2, 0) is 16.0 Å². The summed E-state index contributed by atoms with van der Waals surface area (Å²) in [4.78, 5) is 21.2. The molecule has 0 aromatic heterocycles. The second-order valence-corrected chi connectivity index (χ2v) is 8.80. The van der Waals surface area contributed by atoms with Crippen LogP contribution < -0.4 is 15.4 Å². The fraction of sp³-hybridized carbons (Fsp3) is 0.357. The lowest BCUT2D eigenvalue weighted by Crippen LogP contribution is -2.05. The highest BCUT2D eigenvalue weighted by atomic mass is 16.5. The molecule has 0 aliphatic rings. The van der Waals surface area contributed by atoms with Crippen LogP contribution in [0.25, 0.3) is 0 Å². The van der Waals surface area contributed by atoms with Crippen molar-refractivity contribution in [3.8, 4) is 11.5 Å². The number of hydrogen-bond donors (Lipinski definition) is 3. The Balaban J connectivity index is 0.000000340. The van der Waals surface area contributed by atoms with Crippen LogP contribution >= 0.6 is 0 Å². The van der Waals surface area contributed by atoms with Crippen molar-refractivity contribution in [3.63, 3.8) is 0 Å². The van der Waals surface area contributed by atoms with Crippen molar-refractivity contribution in [2.24, 2.45) is 0 Å². The molecule has 6 heteroatoms. The Hall–Kier alpha value is -3.54. The van der Waals surface area contributed by atoms with E-state index in [2.05, 4.69) is 23.8 Å². The monoisotopic (exact) mass is 466 g/mol. The van der Waals surface area contributed by atoms with Gasteiger partial charge in [-0.25, -0.2) is 0 Å². The van der Waals surface area contributed by atoms with Crippen LogP contribution in [0.2, 0.25) is 0 Å². The molecule has 2 aromatic carbocycles. The van der Waals surface area contributed by atoms with E-state index in [1.54, 1.807) is 0 Å². The number of aromatic hydroxyl groups is 1. The van der Waals surface area contributed by atoms with Gasteiger partial charge in [0, 0.05) is 16.9 Å². The number of hydrogen-bond acceptors (Lipinski definition) is 4. The van der Waals surface area contributed by atoms with E-state index in [9.17, 15) is 14.7 Å². The first kappa shape index (κ1) is 28.5. The SMILES string of the molecule is C=C(C)COc1cc(C)c(NC=O)c(C)c1C.C=C(C)Cc1c(C)c(NC=O)c(C)c(C)c1O. The molecule has 0 bridgehead atoms. The first-order valence-corrected chi connectivity index (χ1v) is 11.1. The summed E-state index contributed by atoms with van der Waals surface area (Å²) in [5, 5.41) is 15.6. The van der Waals surface area contributed by atoms with Gasteiger partial charge in [-0.05, 0) is 107 Å². The molecule has 0 heterocycles. The van der Waals surface area contributed by atoms with Crippen LogP contribution in [0.1, 0.15) is 52.8 Å². The van der Waals surface area contributed by atoms with Gasteiger partial charge in [0.1, 0.15) is 18.1 Å². The van der Waals surface area contributed by atoms with E-state index < -0.39 is 0 Å². The number of benzene rings is 2. The molecule has 0 fully saturated rings. The number of phenolic OH excluding ortho intramolecular Hbond substituents is 1. The van der Waals surface area contributed by atoms with Crippen LogP contribution in [0.4, 0.5) is 11.4 Å². The summed E-state index contributed by atoms with van der Waals surface area (Å²) >= 11 is 0. The Labute approximate surface area is 203 Å². The summed E-state index contributed by atoms with van der Waals surface area (Å²) in [5.41, 5.74) is 10.1. The average Bonchev–Trinajstić information content (AvgIpc) is 2.77. The molecule has 0 aliphatic heterocycles. The Morgan fingerprint density at radius 1 is 0.853 bits per heavy atom. The van der Waals surface area contributed by atoms with Gasteiger partial charge >= 0.3 is 0 Å². The molecule has 0 atom stereocenters. The van der Waals surface area contributed by atoms with Gasteiger partial charge in [-0.2, -0.15) is 0 Å². The predicted octanol–water partition coefficient (Wildman–Crippen LogP) is 6.14. The van der Waals surface area contributed by atoms with Crippen LogP contribution in [-0.4, -0.2) is 24.5 Å². The quantitative estimate of drug-likeness (QED) is 0.235. The fourth-order valence-corrected chi connectivity index (χ4v) is 3.67. The standard InChI is InChI=1S/2C14H19NO2/c1-9(2)7-17-13-6-10(3)14(15-8-16)12(5)11(13)4;1-8(2)6-12-11(5)13(15-7-16)9(3)10(4)14(12)17/h6,8H,1,7H2,2-5H3,(H,15,16);7,17H,1,6H2,2-5H3,(H,15,16). The van der Waals surface area contributed by atoms with Gasteiger partial charge in [0.25, 0.3) is 0 Å². The van der Waals surface area contributed by atoms with E-state index in [1.807, 2.05) is 61.5 Å². The minimum absolute atomic E-state index is 0.305. The Bertz CT molecular complexity index is 1100. The normalized spacial score (nSPS) is 10.0. The highest BCUT2D eigenvalue weighted by molar-refractivity contribution is 5.79. The third-order valence-corrected chi connectivity index (χ3v) is 5.81. The second kappa shape index (κ2) is 12.6. The van der Waals surface area contributed by atoms with Gasteiger partial charge in [0.05, 0.1) is 0 Å². The summed E-state index contributed by atoms with van der Waals surface area (Å²) in [6.07, 6.45) is 1.98. The van der Waals surface area contributed by atoms with Gasteiger partial charge < -0.3 is 20.5 Å². The lowest BCUT2D eigenvalue weighted by molar-refractivity contribution is -0.106. The van der Waals surface area contributed by atoms with Crippen molar-refractivity contribution < 1.29 is 19.4 Å². The zero-order chi connectivity index (χ0) is 26.2. The van der Waals surface area contributed by atoms with Crippen LogP contribution in [0.15, 0.2) is 30.4 Å². The summed E-state index contributed by atoms with van der Waals surface area (Å²) in [6, 6.07) is 1.94. The van der Waals surface area contributed by atoms with Gasteiger partial charge in [-0.1, -0.05) is 18.7 Å². The summed E-state index contributed by atoms with van der Waals surface area (Å²) < 4.78 is 5.68. The van der Waals surface area contributed by atoms with Crippen molar-refractivity contribution >= 4 is 24.2 Å². The van der Waals surface area contributed by atoms with Crippen LogP contribution in [0, 0.1) is 41.5 Å². The molecule has 0 unspecified atom stereocenters. The lowest BCUT2D eigenvalue weighted by Gasteiger charge is -2.18. The van der Waals surface area contributed by atoms with Crippen molar-refractivity contribution in [3.05, 3.63) is 69.3 Å². The molecule has 0 saturated carbocycles. The molecule has 3 N–H and O–H groups in total. The van der Waals surface area contributed by atoms with E-state index in [4.69, 9.17) is 4.74 Å². The van der Waals surface area contributed by atoms with E-state index in [0.717, 1.165) is 67.2 Å². The van der Waals surface area contributed by atoms with Gasteiger partial charge in [0.2, 0.25) is 12.8 Å². The second-order valence-electron chi connectivity index (χ2n) is 8.80. The number of amides is 2. The summed E-state index contributed by atoms with van der Waals surface area (Å²) in [7, 11) is 0. The van der Waals surface area contributed by atoms with Crippen molar-refractivity contribution in [1.29, 1.82) is 0 Å². The molecule has 184 valence electrons. The van der Waals surface area contributed by atoms with E-state index in [-0.39, 0.29) is 0 Å². The number of aryl methyl sites for hydroxylation is 1. The summed E-state index contributed by atoms with van der Waals surface area (Å²) in [6.45, 7) is 23.6. The lowest BCUT2D eigenvalue weighted by atomic mass is 9.93. The molecule has 0 aliphatic carbocycles. The van der Waals surface area contributed by atoms with Crippen LogP contribution in [0.3, 0.4) is 0 Å². The van der Waals surface area contributed by atoms with E-state index in [0.29, 0.717) is 31.6 Å². The molecule has 2 rings (SSSR count). The first-order chi connectivity index (χ1) is 15.9.